The lowest BCUT2D eigenvalue weighted by molar-refractivity contribution is -0.135. The van der Waals surface area contributed by atoms with Crippen LogP contribution in [0.1, 0.15) is 25.3 Å². The van der Waals surface area contributed by atoms with Crippen molar-refractivity contribution in [2.75, 3.05) is 31.1 Å². The molecular formula is C19H30N2O3. The van der Waals surface area contributed by atoms with Gasteiger partial charge in [-0.2, -0.15) is 0 Å². The van der Waals surface area contributed by atoms with Gasteiger partial charge in [0, 0.05) is 37.9 Å². The highest BCUT2D eigenvalue weighted by atomic mass is 16.4. The molecule has 3 rings (SSSR count). The van der Waals surface area contributed by atoms with Gasteiger partial charge in [0.15, 0.2) is 0 Å². The van der Waals surface area contributed by atoms with E-state index < -0.39 is 18.3 Å². The average molecular weight is 334 g/mol. The number of piperidine rings is 2. The number of nitrogens with zero attached hydrogens (tertiary/aromatic N) is 2. The maximum atomic E-state index is 10.1. The highest BCUT2D eigenvalue weighted by molar-refractivity contribution is 5.53. The van der Waals surface area contributed by atoms with Crippen molar-refractivity contribution in [1.29, 1.82) is 0 Å². The number of benzene rings is 1. The van der Waals surface area contributed by atoms with E-state index in [1.165, 1.54) is 17.7 Å². The Labute approximate surface area is 144 Å². The zero-order valence-corrected chi connectivity index (χ0v) is 14.7. The van der Waals surface area contributed by atoms with Gasteiger partial charge in [0.05, 0.1) is 12.2 Å². The fraction of sp³-hybridized carbons (Fsp3) is 0.684. The number of β-amino-alcohol motifs (C(OH)–C–C–N with tert-alkyl or cyclic N) is 1. The molecule has 0 bridgehead atoms. The van der Waals surface area contributed by atoms with Gasteiger partial charge in [-0.1, -0.05) is 18.2 Å². The smallest absolute Gasteiger partial charge is 0.108 e. The van der Waals surface area contributed by atoms with Crippen LogP contribution < -0.4 is 4.90 Å². The van der Waals surface area contributed by atoms with Crippen LogP contribution in [0, 0.1) is 12.8 Å². The molecule has 5 atom stereocenters. The Morgan fingerprint density at radius 3 is 2.58 bits per heavy atom. The van der Waals surface area contributed by atoms with Gasteiger partial charge in [0.25, 0.3) is 0 Å². The summed E-state index contributed by atoms with van der Waals surface area (Å²) in [5.74, 6) is 0.510. The van der Waals surface area contributed by atoms with E-state index in [-0.39, 0.29) is 6.04 Å². The van der Waals surface area contributed by atoms with E-state index in [0.717, 1.165) is 26.1 Å². The Hall–Kier alpha value is -1.14. The SMILES string of the molecule is Cc1ccccc1N1CCC[C@H](CN2C[C@H](O)[C@@H](O)[C@H](O)[C@H]2C)C1. The van der Waals surface area contributed by atoms with Crippen LogP contribution in [0.2, 0.25) is 0 Å². The molecular weight excluding hydrogens is 304 g/mol. The van der Waals surface area contributed by atoms with Gasteiger partial charge in [0.2, 0.25) is 0 Å². The molecule has 2 saturated heterocycles. The highest BCUT2D eigenvalue weighted by Gasteiger charge is 2.39. The standard InChI is InChI=1S/C19H30N2O3/c1-13-6-3-4-8-16(13)20-9-5-7-15(10-20)11-21-12-17(22)19(24)18(23)14(21)2/h3-4,6,8,14-15,17-19,22-24H,5,7,9-12H2,1-2H3/t14-,15+,17+,18-,19-/m1/s1. The van der Waals surface area contributed by atoms with Crippen LogP contribution in [0.25, 0.3) is 0 Å². The summed E-state index contributed by atoms with van der Waals surface area (Å²) < 4.78 is 0. The third-order valence-electron chi connectivity index (χ3n) is 5.70. The van der Waals surface area contributed by atoms with E-state index in [1.807, 2.05) is 6.92 Å². The molecule has 0 spiro atoms. The molecule has 1 aromatic carbocycles. The summed E-state index contributed by atoms with van der Waals surface area (Å²) in [5.41, 5.74) is 2.61. The van der Waals surface area contributed by atoms with Gasteiger partial charge >= 0.3 is 0 Å². The first-order valence-corrected chi connectivity index (χ1v) is 9.06. The molecule has 24 heavy (non-hydrogen) atoms. The first-order chi connectivity index (χ1) is 11.5. The topological polar surface area (TPSA) is 67.2 Å². The Balaban J connectivity index is 1.64. The van der Waals surface area contributed by atoms with E-state index in [1.54, 1.807) is 0 Å². The molecule has 5 heteroatoms. The zero-order valence-electron chi connectivity index (χ0n) is 14.7. The van der Waals surface area contributed by atoms with Gasteiger partial charge in [-0.05, 0) is 44.2 Å². The molecule has 0 unspecified atom stereocenters. The number of aliphatic hydroxyl groups is 3. The molecule has 0 radical (unpaired) electrons. The van der Waals surface area contributed by atoms with Gasteiger partial charge in [-0.15, -0.1) is 0 Å². The minimum absolute atomic E-state index is 0.128. The maximum Gasteiger partial charge on any atom is 0.108 e. The summed E-state index contributed by atoms with van der Waals surface area (Å²) in [5, 5.41) is 29.9. The summed E-state index contributed by atoms with van der Waals surface area (Å²) in [6.07, 6.45) is -0.460. The van der Waals surface area contributed by atoms with Crippen LogP contribution in [-0.2, 0) is 0 Å². The molecule has 0 aromatic heterocycles. The minimum Gasteiger partial charge on any atom is -0.389 e. The molecule has 2 heterocycles. The third kappa shape index (κ3) is 3.59. The van der Waals surface area contributed by atoms with Crippen molar-refractivity contribution in [3.8, 4) is 0 Å². The number of hydrogen-bond acceptors (Lipinski definition) is 5. The fourth-order valence-corrected chi connectivity index (χ4v) is 4.17. The first kappa shape index (κ1) is 17.7. The van der Waals surface area contributed by atoms with Crippen molar-refractivity contribution in [2.24, 2.45) is 5.92 Å². The molecule has 2 aliphatic rings. The second-order valence-corrected chi connectivity index (χ2v) is 7.48. The molecule has 5 nitrogen and oxygen atoms in total. The second kappa shape index (κ2) is 7.40. The van der Waals surface area contributed by atoms with E-state index in [2.05, 4.69) is 41.0 Å². The maximum absolute atomic E-state index is 10.1. The number of hydrogen-bond donors (Lipinski definition) is 3. The molecule has 0 amide bonds. The highest BCUT2D eigenvalue weighted by Crippen LogP contribution is 2.28. The molecule has 2 fully saturated rings. The van der Waals surface area contributed by atoms with E-state index in [9.17, 15) is 15.3 Å². The molecule has 3 N–H and O–H groups in total. The van der Waals surface area contributed by atoms with E-state index in [4.69, 9.17) is 0 Å². The first-order valence-electron chi connectivity index (χ1n) is 9.06. The zero-order chi connectivity index (χ0) is 17.3. The Bertz CT molecular complexity index is 553. The molecule has 1 aromatic rings. The number of aryl methyl sites for hydroxylation is 1. The summed E-state index contributed by atoms with van der Waals surface area (Å²) in [7, 11) is 0. The summed E-state index contributed by atoms with van der Waals surface area (Å²) in [6.45, 7) is 7.45. The van der Waals surface area contributed by atoms with Crippen LogP contribution in [0.5, 0.6) is 0 Å². The van der Waals surface area contributed by atoms with Crippen molar-refractivity contribution >= 4 is 5.69 Å². The average Bonchev–Trinajstić information content (AvgIpc) is 2.58. The Morgan fingerprint density at radius 2 is 1.83 bits per heavy atom. The van der Waals surface area contributed by atoms with Crippen LogP contribution in [0.15, 0.2) is 24.3 Å². The third-order valence-corrected chi connectivity index (χ3v) is 5.70. The monoisotopic (exact) mass is 334 g/mol. The second-order valence-electron chi connectivity index (χ2n) is 7.48. The van der Waals surface area contributed by atoms with Gasteiger partial charge in [-0.25, -0.2) is 0 Å². The number of para-hydroxylation sites is 1. The van der Waals surface area contributed by atoms with Crippen molar-refractivity contribution < 1.29 is 15.3 Å². The van der Waals surface area contributed by atoms with Crippen LogP contribution in [-0.4, -0.2) is 70.8 Å². The molecule has 0 aliphatic carbocycles. The van der Waals surface area contributed by atoms with Gasteiger partial charge < -0.3 is 20.2 Å². The van der Waals surface area contributed by atoms with E-state index >= 15 is 0 Å². The fourth-order valence-electron chi connectivity index (χ4n) is 4.17. The summed E-state index contributed by atoms with van der Waals surface area (Å²) in [6, 6.07) is 8.37. The number of anilines is 1. The Kier molecular flexibility index (Phi) is 5.45. The van der Waals surface area contributed by atoms with Crippen LogP contribution >= 0.6 is 0 Å². The van der Waals surface area contributed by atoms with Crippen LogP contribution in [0.4, 0.5) is 5.69 Å². The minimum atomic E-state index is -1.04. The number of likely N-dealkylation sites (tertiary alicyclic amines) is 1. The summed E-state index contributed by atoms with van der Waals surface area (Å²) >= 11 is 0. The molecule has 0 saturated carbocycles. The van der Waals surface area contributed by atoms with Crippen molar-refractivity contribution in [3.63, 3.8) is 0 Å². The van der Waals surface area contributed by atoms with Gasteiger partial charge in [-0.3, -0.25) is 4.90 Å². The number of rotatable bonds is 3. The van der Waals surface area contributed by atoms with Crippen molar-refractivity contribution in [1.82, 2.24) is 4.90 Å². The molecule has 2 aliphatic heterocycles. The molecule has 134 valence electrons. The van der Waals surface area contributed by atoms with Crippen LogP contribution in [0.3, 0.4) is 0 Å². The van der Waals surface area contributed by atoms with Crippen molar-refractivity contribution in [3.05, 3.63) is 29.8 Å². The lowest BCUT2D eigenvalue weighted by Gasteiger charge is -2.45. The summed E-state index contributed by atoms with van der Waals surface area (Å²) in [4.78, 5) is 4.59. The predicted molar refractivity (Wildman–Crippen MR) is 95.2 cm³/mol. The van der Waals surface area contributed by atoms with E-state index in [0.29, 0.717) is 12.5 Å². The number of aliphatic hydroxyl groups excluding tert-OH is 3. The predicted octanol–water partition coefficient (Wildman–Crippen LogP) is 0.998. The lowest BCUT2D eigenvalue weighted by atomic mass is 9.91. The normalized spacial score (nSPS) is 35.2. The largest absolute Gasteiger partial charge is 0.389 e. The quantitative estimate of drug-likeness (QED) is 0.769. The van der Waals surface area contributed by atoms with Crippen molar-refractivity contribution in [2.45, 2.75) is 51.0 Å². The Morgan fingerprint density at radius 1 is 1.08 bits per heavy atom. The lowest BCUT2D eigenvalue weighted by Crippen LogP contribution is -2.61. The van der Waals surface area contributed by atoms with Gasteiger partial charge in [0.1, 0.15) is 6.10 Å².